The first-order valence-electron chi connectivity index (χ1n) is 4.59. The number of nitrogens with zero attached hydrogens (tertiary/aromatic N) is 1. The Balaban J connectivity index is -0.000000108. The van der Waals surface area contributed by atoms with Crippen molar-refractivity contribution in [3.63, 3.8) is 0 Å². The molecule has 1 atom stereocenters. The first-order chi connectivity index (χ1) is 6.04. The molecule has 0 heterocycles. The van der Waals surface area contributed by atoms with Crippen LogP contribution in [-0.4, -0.2) is 37.5 Å². The van der Waals surface area contributed by atoms with Crippen LogP contribution in [-0.2, 0) is 37.5 Å². The molecule has 0 aliphatic carbocycles. The summed E-state index contributed by atoms with van der Waals surface area (Å²) in [7, 11) is 3.40. The first-order valence-corrected chi connectivity index (χ1v) is 4.59. The third-order valence-electron chi connectivity index (χ3n) is 1.43. The van der Waals surface area contributed by atoms with Crippen molar-refractivity contribution >= 4 is 5.91 Å². The fraction of sp³-hybridized carbons (Fsp3) is 0.636. The van der Waals surface area contributed by atoms with Gasteiger partial charge in [0.1, 0.15) is 0 Å². The molecule has 0 radical (unpaired) electrons. The molecule has 0 fully saturated rings. The third-order valence-corrected chi connectivity index (χ3v) is 1.43. The predicted molar refractivity (Wildman–Crippen MR) is 63.6 cm³/mol. The van der Waals surface area contributed by atoms with E-state index >= 15 is 0 Å². The molecular formula is C11H25N2OY. The van der Waals surface area contributed by atoms with E-state index < -0.39 is 0 Å². The smallest absolute Gasteiger partial charge is 0.360 e. The van der Waals surface area contributed by atoms with Crippen LogP contribution in [0.4, 0.5) is 0 Å². The molecule has 0 spiro atoms. The van der Waals surface area contributed by atoms with Crippen molar-refractivity contribution in [3.05, 3.63) is 21.3 Å². The van der Waals surface area contributed by atoms with Crippen LogP contribution in [0.1, 0.15) is 20.3 Å². The molecule has 1 N–H and O–H groups in total. The van der Waals surface area contributed by atoms with Crippen molar-refractivity contribution < 1.29 is 37.5 Å². The molecule has 0 rings (SSSR count). The zero-order valence-corrected chi connectivity index (χ0v) is 13.7. The summed E-state index contributed by atoms with van der Waals surface area (Å²) in [5.74, 6) is -0.0776. The minimum atomic E-state index is -0.331. The molecule has 0 bridgehead atoms. The van der Waals surface area contributed by atoms with Gasteiger partial charge in [-0.1, -0.05) is 20.3 Å². The van der Waals surface area contributed by atoms with E-state index in [2.05, 4.69) is 33.0 Å². The number of nitrogens with one attached hydrogen (secondary N) is 1. The van der Waals surface area contributed by atoms with Crippen LogP contribution < -0.4 is 5.32 Å². The molecule has 1 amide bonds. The number of amides is 1. The van der Waals surface area contributed by atoms with Crippen LogP contribution in [0.5, 0.6) is 0 Å². The maximum atomic E-state index is 10.9. The molecule has 4 heteroatoms. The van der Waals surface area contributed by atoms with E-state index in [1.807, 2.05) is 0 Å². The molecule has 0 saturated heterocycles. The van der Waals surface area contributed by atoms with Gasteiger partial charge in [-0.25, -0.2) is 0 Å². The molecule has 0 aromatic carbocycles. The summed E-state index contributed by atoms with van der Waals surface area (Å²) in [6, 6.07) is -0.331. The maximum absolute atomic E-state index is 10.9. The number of hydrogen-bond acceptors (Lipinski definition) is 2. The topological polar surface area (TPSA) is 32.3 Å². The van der Waals surface area contributed by atoms with E-state index in [4.69, 9.17) is 0 Å². The molecule has 88 valence electrons. The van der Waals surface area contributed by atoms with Gasteiger partial charge in [-0.05, 0) is 13.1 Å². The van der Waals surface area contributed by atoms with Gasteiger partial charge in [-0.2, -0.15) is 0 Å². The van der Waals surface area contributed by atoms with Crippen LogP contribution >= 0.6 is 0 Å². The molecule has 0 aliphatic rings. The maximum Gasteiger partial charge on any atom is 3.00 e. The average molecular weight is 290 g/mol. The van der Waals surface area contributed by atoms with Crippen molar-refractivity contribution in [2.45, 2.75) is 26.3 Å². The number of rotatable bonds is 3. The Hall–Kier alpha value is 0.534. The van der Waals surface area contributed by atoms with Crippen LogP contribution in [0.15, 0.2) is 0 Å². The van der Waals surface area contributed by atoms with Gasteiger partial charge >= 0.3 is 32.7 Å². The first kappa shape index (κ1) is 24.7. The third kappa shape index (κ3) is 14.5. The Morgan fingerprint density at radius 1 is 1.47 bits per heavy atom. The average Bonchev–Trinajstić information content (AvgIpc) is 2.15. The van der Waals surface area contributed by atoms with Gasteiger partial charge < -0.3 is 31.5 Å². The largest absolute Gasteiger partial charge is 3.00 e. The predicted octanol–water partition coefficient (Wildman–Crippen LogP) is 1.57. The number of likely N-dealkylation sites (N-methyl/N-ethyl adjacent to an activating group) is 2. The zero-order chi connectivity index (χ0) is 10.9. The quantitative estimate of drug-likeness (QED) is 0.800. The van der Waals surface area contributed by atoms with Crippen molar-refractivity contribution in [1.82, 2.24) is 10.2 Å². The monoisotopic (exact) mass is 290 g/mol. The van der Waals surface area contributed by atoms with Gasteiger partial charge in [0.05, 0.1) is 0 Å². The minimum Gasteiger partial charge on any atom is -0.360 e. The standard InChI is InChI=1S/C7H14N2O.C3H8.CH3.Y/c1-5-9(4)6(2)7(10)8-3;1-3-2;;/h6H,1-2,5H2,3-4H3,(H,8,10);3H2,1-2H3;1H3;/q-2;;-1;+3. The SMILES string of the molecule is CCC.[CH2-]CN(C)C([CH2-])C(=O)NC.[CH3-].[Y+3]. The van der Waals surface area contributed by atoms with Crippen LogP contribution in [0.25, 0.3) is 0 Å². The fourth-order valence-electron chi connectivity index (χ4n) is 0.523. The van der Waals surface area contributed by atoms with E-state index in [1.165, 1.54) is 6.42 Å². The summed E-state index contributed by atoms with van der Waals surface area (Å²) in [6.07, 6.45) is 1.25. The molecule has 15 heavy (non-hydrogen) atoms. The van der Waals surface area contributed by atoms with Crippen molar-refractivity contribution in [2.24, 2.45) is 0 Å². The summed E-state index contributed by atoms with van der Waals surface area (Å²) in [5.41, 5.74) is 0. The van der Waals surface area contributed by atoms with Gasteiger partial charge in [-0.15, -0.1) is 6.54 Å². The zero-order valence-electron chi connectivity index (χ0n) is 10.8. The second-order valence-corrected chi connectivity index (χ2v) is 2.82. The second kappa shape index (κ2) is 16.9. The van der Waals surface area contributed by atoms with Gasteiger partial charge in [0, 0.05) is 7.05 Å². The number of hydrogen-bond donors (Lipinski definition) is 1. The Bertz CT molecular complexity index is 132. The minimum absolute atomic E-state index is 0. The van der Waals surface area contributed by atoms with E-state index in [-0.39, 0.29) is 52.1 Å². The Kier molecular flexibility index (Phi) is 27.9. The molecule has 0 aromatic heterocycles. The molecule has 0 aliphatic heterocycles. The molecule has 1 unspecified atom stereocenters. The Morgan fingerprint density at radius 2 is 1.80 bits per heavy atom. The van der Waals surface area contributed by atoms with Crippen molar-refractivity contribution in [3.8, 4) is 0 Å². The molecule has 0 aromatic rings. The summed E-state index contributed by atoms with van der Waals surface area (Å²) in [4.78, 5) is 12.6. The van der Waals surface area contributed by atoms with E-state index in [1.54, 1.807) is 19.0 Å². The summed E-state index contributed by atoms with van der Waals surface area (Å²) in [5, 5.41) is 2.51. The van der Waals surface area contributed by atoms with Gasteiger partial charge in [0.15, 0.2) is 0 Å². The fourth-order valence-corrected chi connectivity index (χ4v) is 0.523. The Morgan fingerprint density at radius 3 is 2.00 bits per heavy atom. The summed E-state index contributed by atoms with van der Waals surface area (Å²) in [6.45, 7) is 12.1. The van der Waals surface area contributed by atoms with Crippen molar-refractivity contribution in [1.29, 1.82) is 0 Å². The molecule has 3 nitrogen and oxygen atoms in total. The second-order valence-electron chi connectivity index (χ2n) is 2.82. The van der Waals surface area contributed by atoms with E-state index in [9.17, 15) is 4.79 Å². The van der Waals surface area contributed by atoms with Crippen LogP contribution in [0.2, 0.25) is 0 Å². The van der Waals surface area contributed by atoms with E-state index in [0.29, 0.717) is 6.54 Å². The van der Waals surface area contributed by atoms with Gasteiger partial charge in [0.2, 0.25) is 5.91 Å². The normalized spacial score (nSPS) is 10.1. The number of carbonyl (C=O) groups excluding carboxylic acids is 1. The van der Waals surface area contributed by atoms with E-state index in [0.717, 1.165) is 0 Å². The van der Waals surface area contributed by atoms with Gasteiger partial charge in [-0.3, -0.25) is 4.79 Å². The van der Waals surface area contributed by atoms with Crippen LogP contribution in [0, 0.1) is 21.3 Å². The summed E-state index contributed by atoms with van der Waals surface area (Å²) < 4.78 is 0. The summed E-state index contributed by atoms with van der Waals surface area (Å²) >= 11 is 0. The van der Waals surface area contributed by atoms with Crippen LogP contribution in [0.3, 0.4) is 0 Å². The molecular weight excluding hydrogens is 265 g/mol. The van der Waals surface area contributed by atoms with Gasteiger partial charge in [0.25, 0.3) is 0 Å². The molecule has 0 saturated carbocycles. The Labute approximate surface area is 121 Å². The van der Waals surface area contributed by atoms with Crippen molar-refractivity contribution in [2.75, 3.05) is 20.6 Å². The number of carbonyl (C=O) groups is 1.